The van der Waals surface area contributed by atoms with E-state index in [4.69, 9.17) is 9.47 Å². The molecular formula is C19H14Br2O3S. The number of halogens is 2. The maximum atomic E-state index is 12.0. The van der Waals surface area contributed by atoms with E-state index in [1.54, 1.807) is 18.9 Å². The molecule has 2 aromatic carbocycles. The van der Waals surface area contributed by atoms with Crippen LogP contribution in [0.4, 0.5) is 0 Å². The van der Waals surface area contributed by atoms with Gasteiger partial charge in [-0.25, -0.2) is 4.79 Å². The Kier molecular flexibility index (Phi) is 5.71. The number of methoxy groups -OCH3 is 1. The van der Waals surface area contributed by atoms with Gasteiger partial charge in [0.25, 0.3) is 0 Å². The molecule has 1 aliphatic heterocycles. The van der Waals surface area contributed by atoms with Gasteiger partial charge in [-0.15, -0.1) is 11.8 Å². The first-order valence-corrected chi connectivity index (χ1v) is 10.2. The zero-order chi connectivity index (χ0) is 18.0. The monoisotopic (exact) mass is 480 g/mol. The third-order valence-corrected chi connectivity index (χ3v) is 5.78. The van der Waals surface area contributed by atoms with Gasteiger partial charge in [0.1, 0.15) is 16.0 Å². The van der Waals surface area contributed by atoms with Gasteiger partial charge in [-0.05, 0) is 79.6 Å². The summed E-state index contributed by atoms with van der Waals surface area (Å²) in [6, 6.07) is 13.7. The summed E-state index contributed by atoms with van der Waals surface area (Å²) in [4.78, 5) is 13.2. The minimum absolute atomic E-state index is 0.386. The average molecular weight is 482 g/mol. The molecule has 6 heteroatoms. The second kappa shape index (κ2) is 7.81. The Morgan fingerprint density at radius 1 is 1.12 bits per heavy atom. The fraction of sp³-hybridized carbons (Fsp3) is 0.105. The SMILES string of the molecule is COc1ccc(/C=C2\OC(=O)C(Br)=C2c2ccc(SC)cc2)cc1Br. The molecule has 128 valence electrons. The highest BCUT2D eigenvalue weighted by atomic mass is 79.9. The van der Waals surface area contributed by atoms with Crippen molar-refractivity contribution < 1.29 is 14.3 Å². The van der Waals surface area contributed by atoms with Crippen molar-refractivity contribution in [1.82, 2.24) is 0 Å². The molecule has 0 atom stereocenters. The van der Waals surface area contributed by atoms with Crippen LogP contribution in [0.25, 0.3) is 11.6 Å². The van der Waals surface area contributed by atoms with Gasteiger partial charge in [-0.3, -0.25) is 0 Å². The lowest BCUT2D eigenvalue weighted by Gasteiger charge is -2.07. The Hall–Kier alpha value is -1.50. The highest BCUT2D eigenvalue weighted by Crippen LogP contribution is 2.39. The van der Waals surface area contributed by atoms with E-state index < -0.39 is 0 Å². The molecule has 0 saturated heterocycles. The van der Waals surface area contributed by atoms with Crippen molar-refractivity contribution in [3.8, 4) is 5.75 Å². The molecule has 0 spiro atoms. The van der Waals surface area contributed by atoms with Crippen LogP contribution in [-0.2, 0) is 9.53 Å². The predicted octanol–water partition coefficient (Wildman–Crippen LogP) is 5.88. The Morgan fingerprint density at radius 2 is 1.84 bits per heavy atom. The molecule has 0 fully saturated rings. The van der Waals surface area contributed by atoms with Crippen LogP contribution in [0, 0.1) is 0 Å². The van der Waals surface area contributed by atoms with Gasteiger partial charge < -0.3 is 9.47 Å². The number of rotatable bonds is 4. The number of esters is 1. The van der Waals surface area contributed by atoms with Gasteiger partial charge in [0.15, 0.2) is 0 Å². The zero-order valence-corrected chi connectivity index (χ0v) is 17.5. The fourth-order valence-corrected chi connectivity index (χ4v) is 3.93. The topological polar surface area (TPSA) is 35.5 Å². The Balaban J connectivity index is 2.02. The van der Waals surface area contributed by atoms with E-state index in [9.17, 15) is 4.79 Å². The average Bonchev–Trinajstić information content (AvgIpc) is 2.89. The first-order chi connectivity index (χ1) is 12.0. The molecule has 0 saturated carbocycles. The first-order valence-electron chi connectivity index (χ1n) is 7.35. The summed E-state index contributed by atoms with van der Waals surface area (Å²) in [5, 5.41) is 0. The van der Waals surface area contributed by atoms with E-state index in [1.807, 2.05) is 54.8 Å². The highest BCUT2D eigenvalue weighted by Gasteiger charge is 2.29. The molecule has 0 aromatic heterocycles. The smallest absolute Gasteiger partial charge is 0.351 e. The van der Waals surface area contributed by atoms with Crippen molar-refractivity contribution in [1.29, 1.82) is 0 Å². The van der Waals surface area contributed by atoms with Crippen LogP contribution >= 0.6 is 43.6 Å². The number of thioether (sulfide) groups is 1. The molecule has 3 nitrogen and oxygen atoms in total. The normalized spacial score (nSPS) is 15.7. The molecule has 1 heterocycles. The Labute approximate surface area is 167 Å². The summed E-state index contributed by atoms with van der Waals surface area (Å²) >= 11 is 8.51. The largest absolute Gasteiger partial charge is 0.496 e. The van der Waals surface area contributed by atoms with E-state index in [0.29, 0.717) is 10.2 Å². The lowest BCUT2D eigenvalue weighted by molar-refractivity contribution is -0.132. The molecule has 0 bridgehead atoms. The summed E-state index contributed by atoms with van der Waals surface area (Å²) in [6.07, 6.45) is 3.87. The van der Waals surface area contributed by atoms with Crippen molar-refractivity contribution in [2.45, 2.75) is 4.90 Å². The number of hydrogen-bond donors (Lipinski definition) is 0. The number of allylic oxidation sites excluding steroid dienone is 1. The summed E-state index contributed by atoms with van der Waals surface area (Å²) < 4.78 is 12.0. The number of carbonyl (C=O) groups excluding carboxylic acids is 1. The fourth-order valence-electron chi connectivity index (χ4n) is 2.46. The van der Waals surface area contributed by atoms with Crippen LogP contribution in [0.5, 0.6) is 5.75 Å². The van der Waals surface area contributed by atoms with E-state index in [0.717, 1.165) is 31.8 Å². The molecule has 2 aromatic rings. The van der Waals surface area contributed by atoms with Gasteiger partial charge in [0.05, 0.1) is 11.6 Å². The Bertz CT molecular complexity index is 886. The molecule has 0 unspecified atom stereocenters. The van der Waals surface area contributed by atoms with Crippen molar-refractivity contribution in [2.24, 2.45) is 0 Å². The third-order valence-electron chi connectivity index (χ3n) is 3.70. The van der Waals surface area contributed by atoms with E-state index in [2.05, 4.69) is 31.9 Å². The van der Waals surface area contributed by atoms with Crippen molar-refractivity contribution in [2.75, 3.05) is 13.4 Å². The van der Waals surface area contributed by atoms with Crippen LogP contribution in [-0.4, -0.2) is 19.3 Å². The number of cyclic esters (lactones) is 1. The molecule has 0 aliphatic carbocycles. The second-order valence-corrected chi connectivity index (χ2v) is 7.74. The number of hydrogen-bond acceptors (Lipinski definition) is 4. The number of ether oxygens (including phenoxy) is 2. The van der Waals surface area contributed by atoms with Crippen molar-refractivity contribution in [3.05, 3.63) is 68.3 Å². The minimum atomic E-state index is -0.386. The molecule has 25 heavy (non-hydrogen) atoms. The molecule has 0 N–H and O–H groups in total. The zero-order valence-electron chi connectivity index (χ0n) is 13.5. The van der Waals surface area contributed by atoms with Crippen molar-refractivity contribution in [3.63, 3.8) is 0 Å². The Morgan fingerprint density at radius 3 is 2.44 bits per heavy atom. The highest BCUT2D eigenvalue weighted by molar-refractivity contribution is 9.12. The summed E-state index contributed by atoms with van der Waals surface area (Å²) in [5.74, 6) is 0.879. The molecule has 0 amide bonds. The van der Waals surface area contributed by atoms with E-state index in [1.165, 1.54) is 0 Å². The van der Waals surface area contributed by atoms with Gasteiger partial charge >= 0.3 is 5.97 Å². The van der Waals surface area contributed by atoms with Gasteiger partial charge in [-0.1, -0.05) is 18.2 Å². The standard InChI is InChI=1S/C19H14Br2O3S/c1-23-15-8-3-11(9-14(15)20)10-16-17(18(21)19(22)24-16)12-4-6-13(25-2)7-5-12/h3-10H,1-2H3/b16-10-. The number of carbonyl (C=O) groups is 1. The molecule has 1 aliphatic rings. The molecule has 3 rings (SSSR count). The first kappa shape index (κ1) is 18.3. The summed E-state index contributed by atoms with van der Waals surface area (Å²) in [5.41, 5.74) is 2.58. The summed E-state index contributed by atoms with van der Waals surface area (Å²) in [7, 11) is 1.62. The maximum absolute atomic E-state index is 12.0. The summed E-state index contributed by atoms with van der Waals surface area (Å²) in [6.45, 7) is 0. The predicted molar refractivity (Wildman–Crippen MR) is 109 cm³/mol. The van der Waals surface area contributed by atoms with Crippen LogP contribution in [0.2, 0.25) is 0 Å². The van der Waals surface area contributed by atoms with Crippen LogP contribution in [0.1, 0.15) is 11.1 Å². The van der Waals surface area contributed by atoms with E-state index in [-0.39, 0.29) is 5.97 Å². The lowest BCUT2D eigenvalue weighted by atomic mass is 10.0. The van der Waals surface area contributed by atoms with E-state index >= 15 is 0 Å². The minimum Gasteiger partial charge on any atom is -0.496 e. The van der Waals surface area contributed by atoms with Gasteiger partial charge in [0.2, 0.25) is 0 Å². The van der Waals surface area contributed by atoms with Crippen LogP contribution in [0.15, 0.2) is 62.1 Å². The van der Waals surface area contributed by atoms with Crippen LogP contribution in [0.3, 0.4) is 0 Å². The van der Waals surface area contributed by atoms with Gasteiger partial charge in [-0.2, -0.15) is 0 Å². The quantitative estimate of drug-likeness (QED) is 0.403. The molecule has 0 radical (unpaired) electrons. The third kappa shape index (κ3) is 3.86. The lowest BCUT2D eigenvalue weighted by Crippen LogP contribution is -1.93. The van der Waals surface area contributed by atoms with Crippen LogP contribution < -0.4 is 4.74 Å². The number of benzene rings is 2. The van der Waals surface area contributed by atoms with Gasteiger partial charge in [0, 0.05) is 10.5 Å². The molecular weight excluding hydrogens is 468 g/mol. The second-order valence-electron chi connectivity index (χ2n) is 5.21. The maximum Gasteiger partial charge on any atom is 0.351 e. The van der Waals surface area contributed by atoms with Crippen molar-refractivity contribution >= 4 is 61.2 Å².